The van der Waals surface area contributed by atoms with Crippen molar-refractivity contribution in [1.82, 2.24) is 10.6 Å². The third-order valence-electron chi connectivity index (χ3n) is 4.08. The fraction of sp³-hybridized carbons (Fsp3) is 0.316. The van der Waals surface area contributed by atoms with E-state index in [0.29, 0.717) is 17.2 Å². The zero-order valence-corrected chi connectivity index (χ0v) is 13.1. The molecule has 1 amide bonds. The van der Waals surface area contributed by atoms with Gasteiger partial charge < -0.3 is 15.4 Å². The molecule has 0 aliphatic carbocycles. The van der Waals surface area contributed by atoms with Gasteiger partial charge in [-0.1, -0.05) is 24.3 Å². The highest BCUT2D eigenvalue weighted by Crippen LogP contribution is 2.21. The Morgan fingerprint density at radius 1 is 1.13 bits per heavy atom. The van der Waals surface area contributed by atoms with Crippen LogP contribution in [-0.2, 0) is 0 Å². The number of benzene rings is 2. The number of carbonyl (C=O) groups excluding carboxylic acids is 1. The first-order valence-corrected chi connectivity index (χ1v) is 8.13. The van der Waals surface area contributed by atoms with E-state index in [9.17, 15) is 4.79 Å². The van der Waals surface area contributed by atoms with Gasteiger partial charge in [0.15, 0.2) is 0 Å². The highest BCUT2D eigenvalue weighted by atomic mass is 16.5. The second-order valence-corrected chi connectivity index (χ2v) is 5.85. The normalized spacial score (nSPS) is 17.0. The first-order valence-electron chi connectivity index (χ1n) is 8.13. The number of amides is 1. The van der Waals surface area contributed by atoms with E-state index in [4.69, 9.17) is 4.74 Å². The Kier molecular flexibility index (Phi) is 5.27. The zero-order chi connectivity index (χ0) is 15.9. The molecule has 0 saturated carbocycles. The summed E-state index contributed by atoms with van der Waals surface area (Å²) in [6.45, 7) is 2.88. The van der Waals surface area contributed by atoms with Crippen LogP contribution in [-0.4, -0.2) is 25.5 Å². The van der Waals surface area contributed by atoms with Crippen molar-refractivity contribution in [3.63, 3.8) is 0 Å². The predicted octanol–water partition coefficient (Wildman–Crippen LogP) is 3.21. The quantitative estimate of drug-likeness (QED) is 0.861. The van der Waals surface area contributed by atoms with Gasteiger partial charge >= 0.3 is 0 Å². The molecule has 4 heteroatoms. The van der Waals surface area contributed by atoms with Crippen molar-refractivity contribution < 1.29 is 9.53 Å². The molecule has 120 valence electrons. The van der Waals surface area contributed by atoms with Crippen LogP contribution in [0.15, 0.2) is 54.6 Å². The smallest absolute Gasteiger partial charge is 0.251 e. The molecule has 2 aromatic rings. The number of ether oxygens (including phenoxy) is 1. The molecular formula is C19H22N2O2. The lowest BCUT2D eigenvalue weighted by Crippen LogP contribution is -2.26. The molecular weight excluding hydrogens is 288 g/mol. The number of nitrogens with one attached hydrogen (secondary N) is 2. The van der Waals surface area contributed by atoms with Crippen LogP contribution in [0.2, 0.25) is 0 Å². The van der Waals surface area contributed by atoms with Crippen molar-refractivity contribution in [3.05, 3.63) is 60.2 Å². The van der Waals surface area contributed by atoms with E-state index >= 15 is 0 Å². The molecule has 1 aliphatic heterocycles. The van der Waals surface area contributed by atoms with Crippen molar-refractivity contribution in [2.75, 3.05) is 19.6 Å². The highest BCUT2D eigenvalue weighted by Gasteiger charge is 2.14. The van der Waals surface area contributed by atoms with E-state index in [2.05, 4.69) is 10.6 Å². The molecule has 1 unspecified atom stereocenters. The molecule has 0 spiro atoms. The number of para-hydroxylation sites is 1. The maximum absolute atomic E-state index is 12.2. The molecule has 1 heterocycles. The first-order chi connectivity index (χ1) is 11.3. The Balaban J connectivity index is 1.54. The number of hydrogen-bond acceptors (Lipinski definition) is 3. The van der Waals surface area contributed by atoms with Gasteiger partial charge in [-0.25, -0.2) is 0 Å². The Morgan fingerprint density at radius 3 is 2.74 bits per heavy atom. The molecule has 1 atom stereocenters. The van der Waals surface area contributed by atoms with Crippen LogP contribution >= 0.6 is 0 Å². The Bertz CT molecular complexity index is 637. The minimum atomic E-state index is -0.0468. The Morgan fingerprint density at radius 2 is 1.96 bits per heavy atom. The SMILES string of the molecule is O=C(NCCC1CCNC1)c1cccc(Oc2ccccc2)c1. The third kappa shape index (κ3) is 4.57. The van der Waals surface area contributed by atoms with Gasteiger partial charge in [-0.05, 0) is 62.2 Å². The summed E-state index contributed by atoms with van der Waals surface area (Å²) in [5.41, 5.74) is 0.628. The molecule has 1 aliphatic rings. The molecule has 0 bridgehead atoms. The van der Waals surface area contributed by atoms with Crippen molar-refractivity contribution in [1.29, 1.82) is 0 Å². The first kappa shape index (κ1) is 15.6. The second kappa shape index (κ2) is 7.79. The lowest BCUT2D eigenvalue weighted by molar-refractivity contribution is 0.0951. The number of carbonyl (C=O) groups is 1. The van der Waals surface area contributed by atoms with Gasteiger partial charge in [0.25, 0.3) is 5.91 Å². The molecule has 3 rings (SSSR count). The highest BCUT2D eigenvalue weighted by molar-refractivity contribution is 5.94. The average molecular weight is 310 g/mol. The van der Waals surface area contributed by atoms with Crippen LogP contribution in [0.4, 0.5) is 0 Å². The van der Waals surface area contributed by atoms with E-state index in [0.717, 1.165) is 31.8 Å². The van der Waals surface area contributed by atoms with Crippen molar-refractivity contribution in [2.24, 2.45) is 5.92 Å². The van der Waals surface area contributed by atoms with Gasteiger partial charge in [-0.2, -0.15) is 0 Å². The second-order valence-electron chi connectivity index (χ2n) is 5.85. The summed E-state index contributed by atoms with van der Waals surface area (Å²) >= 11 is 0. The molecule has 23 heavy (non-hydrogen) atoms. The van der Waals surface area contributed by atoms with Crippen molar-refractivity contribution in [2.45, 2.75) is 12.8 Å². The molecule has 1 fully saturated rings. The predicted molar refractivity (Wildman–Crippen MR) is 90.9 cm³/mol. The minimum Gasteiger partial charge on any atom is -0.457 e. The molecule has 0 aromatic heterocycles. The summed E-state index contributed by atoms with van der Waals surface area (Å²) in [5.74, 6) is 2.07. The monoisotopic (exact) mass is 310 g/mol. The standard InChI is InChI=1S/C19H22N2O2/c22-19(21-12-10-15-9-11-20-14-15)16-5-4-8-18(13-16)23-17-6-2-1-3-7-17/h1-8,13,15,20H,9-12,14H2,(H,21,22). The van der Waals surface area contributed by atoms with Gasteiger partial charge in [0.1, 0.15) is 11.5 Å². The molecule has 2 aromatic carbocycles. The average Bonchev–Trinajstić information content (AvgIpc) is 3.09. The van der Waals surface area contributed by atoms with Crippen LogP contribution in [0.25, 0.3) is 0 Å². The molecule has 0 radical (unpaired) electrons. The van der Waals surface area contributed by atoms with E-state index in [-0.39, 0.29) is 5.91 Å². The maximum Gasteiger partial charge on any atom is 0.251 e. The van der Waals surface area contributed by atoms with Crippen LogP contribution in [0.5, 0.6) is 11.5 Å². The van der Waals surface area contributed by atoms with Crippen LogP contribution in [0.1, 0.15) is 23.2 Å². The summed E-state index contributed by atoms with van der Waals surface area (Å²) in [6.07, 6.45) is 2.23. The Labute approximate surface area is 136 Å². The summed E-state index contributed by atoms with van der Waals surface area (Å²) in [6, 6.07) is 16.8. The summed E-state index contributed by atoms with van der Waals surface area (Å²) in [4.78, 5) is 12.2. The van der Waals surface area contributed by atoms with E-state index in [1.807, 2.05) is 48.5 Å². The maximum atomic E-state index is 12.2. The lowest BCUT2D eigenvalue weighted by Gasteiger charge is -2.10. The van der Waals surface area contributed by atoms with Gasteiger partial charge in [0.2, 0.25) is 0 Å². The summed E-state index contributed by atoms with van der Waals surface area (Å²) in [5, 5.41) is 6.34. The number of hydrogen-bond donors (Lipinski definition) is 2. The van der Waals surface area contributed by atoms with Gasteiger partial charge in [-0.3, -0.25) is 4.79 Å². The van der Waals surface area contributed by atoms with Crippen LogP contribution in [0, 0.1) is 5.92 Å². The van der Waals surface area contributed by atoms with Gasteiger partial charge in [-0.15, -0.1) is 0 Å². The van der Waals surface area contributed by atoms with Crippen molar-refractivity contribution >= 4 is 5.91 Å². The summed E-state index contributed by atoms with van der Waals surface area (Å²) in [7, 11) is 0. The number of rotatable bonds is 6. The summed E-state index contributed by atoms with van der Waals surface area (Å²) < 4.78 is 5.77. The zero-order valence-electron chi connectivity index (χ0n) is 13.1. The Hall–Kier alpha value is -2.33. The van der Waals surface area contributed by atoms with E-state index < -0.39 is 0 Å². The van der Waals surface area contributed by atoms with E-state index in [1.165, 1.54) is 6.42 Å². The van der Waals surface area contributed by atoms with Crippen LogP contribution in [0.3, 0.4) is 0 Å². The van der Waals surface area contributed by atoms with Crippen LogP contribution < -0.4 is 15.4 Å². The van der Waals surface area contributed by atoms with E-state index in [1.54, 1.807) is 6.07 Å². The van der Waals surface area contributed by atoms with Crippen molar-refractivity contribution in [3.8, 4) is 11.5 Å². The third-order valence-corrected chi connectivity index (χ3v) is 4.08. The fourth-order valence-corrected chi connectivity index (χ4v) is 2.78. The lowest BCUT2D eigenvalue weighted by atomic mass is 10.1. The minimum absolute atomic E-state index is 0.0468. The molecule has 1 saturated heterocycles. The largest absolute Gasteiger partial charge is 0.457 e. The molecule has 4 nitrogen and oxygen atoms in total. The fourth-order valence-electron chi connectivity index (χ4n) is 2.78. The van der Waals surface area contributed by atoms with Gasteiger partial charge in [0.05, 0.1) is 0 Å². The molecule has 2 N–H and O–H groups in total. The topological polar surface area (TPSA) is 50.4 Å². The van der Waals surface area contributed by atoms with Gasteiger partial charge in [0, 0.05) is 12.1 Å².